The third-order valence-corrected chi connectivity index (χ3v) is 5.26. The van der Waals surface area contributed by atoms with Gasteiger partial charge < -0.3 is 15.0 Å². The molecule has 4 heteroatoms. The zero-order valence-electron chi connectivity index (χ0n) is 13.9. The molecule has 4 nitrogen and oxygen atoms in total. The minimum Gasteiger partial charge on any atom is -0.468 e. The minimum atomic E-state index is -0.553. The summed E-state index contributed by atoms with van der Waals surface area (Å²) in [6.07, 6.45) is 5.71. The number of methoxy groups -OCH3 is 1. The Morgan fingerprint density at radius 2 is 2.00 bits per heavy atom. The number of ether oxygens (including phenoxy) is 1. The number of carbonyl (C=O) groups is 1. The predicted octanol–water partition coefficient (Wildman–Crippen LogP) is 2.43. The number of esters is 1. The lowest BCUT2D eigenvalue weighted by Gasteiger charge is -2.39. The molecule has 0 amide bonds. The number of rotatable bonds is 7. The quantitative estimate of drug-likeness (QED) is 0.729. The number of hydrogen-bond acceptors (Lipinski definition) is 4. The van der Waals surface area contributed by atoms with Gasteiger partial charge in [-0.25, -0.2) is 0 Å². The van der Waals surface area contributed by atoms with Crippen LogP contribution in [-0.2, 0) is 9.53 Å². The number of nitrogens with one attached hydrogen (secondary N) is 1. The summed E-state index contributed by atoms with van der Waals surface area (Å²) in [5.74, 6) is -0.169. The zero-order valence-corrected chi connectivity index (χ0v) is 13.9. The van der Waals surface area contributed by atoms with Crippen LogP contribution in [0.1, 0.15) is 52.9 Å². The van der Waals surface area contributed by atoms with Crippen LogP contribution in [-0.4, -0.2) is 50.2 Å². The molecule has 1 atom stereocenters. The highest BCUT2D eigenvalue weighted by molar-refractivity contribution is 5.80. The van der Waals surface area contributed by atoms with Crippen molar-refractivity contribution in [1.29, 1.82) is 0 Å². The van der Waals surface area contributed by atoms with Gasteiger partial charge in [0.15, 0.2) is 0 Å². The van der Waals surface area contributed by atoms with Crippen molar-refractivity contribution in [3.63, 3.8) is 0 Å². The Morgan fingerprint density at radius 3 is 2.45 bits per heavy atom. The van der Waals surface area contributed by atoms with E-state index in [-0.39, 0.29) is 5.97 Å². The lowest BCUT2D eigenvalue weighted by Crippen LogP contribution is -2.49. The number of hydrogen-bond donors (Lipinski definition) is 1. The van der Waals surface area contributed by atoms with Gasteiger partial charge in [-0.2, -0.15) is 0 Å². The smallest absolute Gasteiger partial charge is 0.325 e. The highest BCUT2D eigenvalue weighted by Crippen LogP contribution is 2.33. The molecule has 1 N–H and O–H groups in total. The van der Waals surface area contributed by atoms with E-state index in [0.717, 1.165) is 19.4 Å². The maximum absolute atomic E-state index is 11.8. The summed E-state index contributed by atoms with van der Waals surface area (Å²) in [5.41, 5.74) is -0.00945. The number of carbonyl (C=O) groups excluding carboxylic acids is 1. The van der Waals surface area contributed by atoms with Crippen LogP contribution in [0.2, 0.25) is 0 Å². The van der Waals surface area contributed by atoms with Gasteiger partial charge in [0, 0.05) is 0 Å². The first-order chi connectivity index (χ1) is 9.39. The molecule has 0 spiro atoms. The van der Waals surface area contributed by atoms with Gasteiger partial charge in [0.05, 0.1) is 7.11 Å². The van der Waals surface area contributed by atoms with E-state index >= 15 is 0 Å². The second kappa shape index (κ2) is 7.41. The van der Waals surface area contributed by atoms with Crippen molar-refractivity contribution in [1.82, 2.24) is 10.2 Å². The van der Waals surface area contributed by atoms with E-state index in [9.17, 15) is 4.79 Å². The van der Waals surface area contributed by atoms with Gasteiger partial charge in [-0.1, -0.05) is 20.3 Å². The predicted molar refractivity (Wildman–Crippen MR) is 82.8 cm³/mol. The van der Waals surface area contributed by atoms with Gasteiger partial charge in [0.25, 0.3) is 0 Å². The largest absolute Gasteiger partial charge is 0.468 e. The first kappa shape index (κ1) is 17.4. The minimum absolute atomic E-state index is 0.169. The standard InChI is InChI=1S/C16H32N2O2/c1-6-15(2)9-12-18(13-10-15)11-7-8-16(3,17-4)14(19)20-5/h17H,6-13H2,1-5H3. The Labute approximate surface area is 124 Å². The second-order valence-electron chi connectivity index (χ2n) is 6.68. The Hall–Kier alpha value is -0.610. The van der Waals surface area contributed by atoms with Gasteiger partial charge in [-0.05, 0) is 64.7 Å². The average Bonchev–Trinajstić information content (AvgIpc) is 2.48. The van der Waals surface area contributed by atoms with Crippen molar-refractivity contribution in [3.05, 3.63) is 0 Å². The van der Waals surface area contributed by atoms with Crippen LogP contribution in [0.4, 0.5) is 0 Å². The number of likely N-dealkylation sites (tertiary alicyclic amines) is 1. The summed E-state index contributed by atoms with van der Waals surface area (Å²) in [4.78, 5) is 14.3. The molecule has 0 saturated carbocycles. The van der Waals surface area contributed by atoms with Crippen LogP contribution in [0.15, 0.2) is 0 Å². The number of likely N-dealkylation sites (N-methyl/N-ethyl adjacent to an activating group) is 1. The van der Waals surface area contributed by atoms with E-state index in [0.29, 0.717) is 5.41 Å². The van der Waals surface area contributed by atoms with Crippen molar-refractivity contribution in [2.24, 2.45) is 5.41 Å². The van der Waals surface area contributed by atoms with E-state index in [1.807, 2.05) is 14.0 Å². The van der Waals surface area contributed by atoms with Crippen molar-refractivity contribution >= 4 is 5.97 Å². The highest BCUT2D eigenvalue weighted by Gasteiger charge is 2.33. The summed E-state index contributed by atoms with van der Waals surface area (Å²) in [6, 6.07) is 0. The monoisotopic (exact) mass is 284 g/mol. The molecule has 0 aromatic heterocycles. The fourth-order valence-corrected chi connectivity index (χ4v) is 2.88. The Kier molecular flexibility index (Phi) is 6.46. The van der Waals surface area contributed by atoms with Gasteiger partial charge in [0.2, 0.25) is 0 Å². The SMILES string of the molecule is CCC1(C)CCN(CCCC(C)(NC)C(=O)OC)CC1. The summed E-state index contributed by atoms with van der Waals surface area (Å²) in [5, 5.41) is 3.10. The van der Waals surface area contributed by atoms with E-state index in [1.165, 1.54) is 39.5 Å². The molecule has 0 aromatic carbocycles. The lowest BCUT2D eigenvalue weighted by atomic mass is 9.78. The molecule has 0 aromatic rings. The van der Waals surface area contributed by atoms with Crippen LogP contribution in [0.3, 0.4) is 0 Å². The first-order valence-corrected chi connectivity index (χ1v) is 7.89. The van der Waals surface area contributed by atoms with Gasteiger partial charge in [-0.15, -0.1) is 0 Å². The van der Waals surface area contributed by atoms with Gasteiger partial charge in [0.1, 0.15) is 5.54 Å². The normalized spacial score (nSPS) is 22.2. The molecule has 1 aliphatic heterocycles. The van der Waals surface area contributed by atoms with E-state index in [2.05, 4.69) is 24.1 Å². The van der Waals surface area contributed by atoms with Gasteiger partial charge in [-0.3, -0.25) is 4.79 Å². The Bertz CT molecular complexity index is 312. The molecule has 0 radical (unpaired) electrons. The van der Waals surface area contributed by atoms with Crippen molar-refractivity contribution in [3.8, 4) is 0 Å². The third kappa shape index (κ3) is 4.45. The summed E-state index contributed by atoms with van der Waals surface area (Å²) in [7, 11) is 3.28. The molecule has 118 valence electrons. The number of nitrogens with zero attached hydrogens (tertiary/aromatic N) is 1. The maximum Gasteiger partial charge on any atom is 0.325 e. The van der Waals surface area contributed by atoms with Crippen molar-refractivity contribution in [2.75, 3.05) is 33.8 Å². The van der Waals surface area contributed by atoms with E-state index in [4.69, 9.17) is 4.74 Å². The van der Waals surface area contributed by atoms with Crippen LogP contribution in [0.25, 0.3) is 0 Å². The third-order valence-electron chi connectivity index (χ3n) is 5.26. The van der Waals surface area contributed by atoms with E-state index < -0.39 is 5.54 Å². The molecule has 0 bridgehead atoms. The summed E-state index contributed by atoms with van der Waals surface area (Å²) >= 11 is 0. The molecule has 1 heterocycles. The average molecular weight is 284 g/mol. The molecular formula is C16H32N2O2. The molecule has 20 heavy (non-hydrogen) atoms. The lowest BCUT2D eigenvalue weighted by molar-refractivity contribution is -0.148. The molecule has 1 unspecified atom stereocenters. The van der Waals surface area contributed by atoms with Crippen LogP contribution >= 0.6 is 0 Å². The van der Waals surface area contributed by atoms with Crippen LogP contribution in [0, 0.1) is 5.41 Å². The molecular weight excluding hydrogens is 252 g/mol. The topological polar surface area (TPSA) is 41.6 Å². The van der Waals surface area contributed by atoms with Crippen molar-refractivity contribution in [2.45, 2.75) is 58.4 Å². The van der Waals surface area contributed by atoms with Crippen LogP contribution in [0.5, 0.6) is 0 Å². The van der Waals surface area contributed by atoms with Gasteiger partial charge >= 0.3 is 5.97 Å². The van der Waals surface area contributed by atoms with Crippen molar-refractivity contribution < 1.29 is 9.53 Å². The fourth-order valence-electron chi connectivity index (χ4n) is 2.88. The highest BCUT2D eigenvalue weighted by atomic mass is 16.5. The maximum atomic E-state index is 11.8. The molecule has 0 aliphatic carbocycles. The van der Waals surface area contributed by atoms with E-state index in [1.54, 1.807) is 0 Å². The fraction of sp³-hybridized carbons (Fsp3) is 0.938. The summed E-state index contributed by atoms with van der Waals surface area (Å²) in [6.45, 7) is 10.1. The molecule has 1 fully saturated rings. The Morgan fingerprint density at radius 1 is 1.40 bits per heavy atom. The molecule has 1 saturated heterocycles. The summed E-state index contributed by atoms with van der Waals surface area (Å²) < 4.78 is 4.88. The Balaban J connectivity index is 2.33. The zero-order chi connectivity index (χ0) is 15.2. The first-order valence-electron chi connectivity index (χ1n) is 7.89. The van der Waals surface area contributed by atoms with Crippen LogP contribution < -0.4 is 5.32 Å². The number of piperidine rings is 1. The molecule has 1 aliphatic rings. The molecule has 1 rings (SSSR count). The second-order valence-corrected chi connectivity index (χ2v) is 6.68.